The highest BCUT2D eigenvalue weighted by molar-refractivity contribution is 5.42. The molecule has 0 amide bonds. The highest BCUT2D eigenvalue weighted by atomic mass is 16.5. The van der Waals surface area contributed by atoms with Gasteiger partial charge >= 0.3 is 0 Å². The van der Waals surface area contributed by atoms with Crippen molar-refractivity contribution in [3.05, 3.63) is 23.8 Å². The number of aliphatic hydroxyl groups is 1. The number of aliphatic hydroxyl groups excluding tert-OH is 1. The fourth-order valence-electron chi connectivity index (χ4n) is 1.70. The first kappa shape index (κ1) is 14.8. The molecule has 0 radical (unpaired) electrons. The molecule has 0 spiro atoms. The van der Waals surface area contributed by atoms with Crippen LogP contribution in [0.4, 0.5) is 0 Å². The molecule has 0 fully saturated rings. The molecule has 0 aliphatic heterocycles. The average Bonchev–Trinajstić information content (AvgIpc) is 2.42. The number of methoxy groups -OCH3 is 2. The summed E-state index contributed by atoms with van der Waals surface area (Å²) in [5, 5.41) is 12.7. The number of ether oxygens (including phenoxy) is 2. The molecule has 1 aromatic rings. The van der Waals surface area contributed by atoms with Crippen LogP contribution in [0.1, 0.15) is 25.3 Å². The zero-order chi connectivity index (χ0) is 13.4. The average molecular weight is 253 g/mol. The van der Waals surface area contributed by atoms with Crippen molar-refractivity contribution in [3.8, 4) is 11.5 Å². The Morgan fingerprint density at radius 3 is 2.56 bits per heavy atom. The second-order valence-electron chi connectivity index (χ2n) is 4.22. The maximum Gasteiger partial charge on any atom is 0.161 e. The van der Waals surface area contributed by atoms with E-state index in [9.17, 15) is 5.11 Å². The van der Waals surface area contributed by atoms with Crippen LogP contribution in [0.15, 0.2) is 18.2 Å². The van der Waals surface area contributed by atoms with E-state index in [4.69, 9.17) is 9.47 Å². The van der Waals surface area contributed by atoms with Gasteiger partial charge in [-0.15, -0.1) is 0 Å². The highest BCUT2D eigenvalue weighted by Crippen LogP contribution is 2.27. The Balaban J connectivity index is 2.43. The van der Waals surface area contributed by atoms with Crippen molar-refractivity contribution in [3.63, 3.8) is 0 Å². The van der Waals surface area contributed by atoms with Gasteiger partial charge in [0.2, 0.25) is 0 Å². The van der Waals surface area contributed by atoms with E-state index in [-0.39, 0.29) is 6.10 Å². The van der Waals surface area contributed by atoms with Gasteiger partial charge in [0.1, 0.15) is 0 Å². The van der Waals surface area contributed by atoms with E-state index >= 15 is 0 Å². The summed E-state index contributed by atoms with van der Waals surface area (Å²) in [6, 6.07) is 5.86. The molecule has 102 valence electrons. The lowest BCUT2D eigenvalue weighted by Crippen LogP contribution is -2.19. The van der Waals surface area contributed by atoms with Gasteiger partial charge in [0.05, 0.1) is 20.3 Å². The van der Waals surface area contributed by atoms with Crippen LogP contribution in [0.2, 0.25) is 0 Å². The van der Waals surface area contributed by atoms with Crippen molar-refractivity contribution in [2.75, 3.05) is 20.8 Å². The molecule has 0 aliphatic rings. The van der Waals surface area contributed by atoms with E-state index in [2.05, 4.69) is 5.32 Å². The van der Waals surface area contributed by atoms with E-state index in [1.54, 1.807) is 14.2 Å². The topological polar surface area (TPSA) is 50.7 Å². The SMILES string of the molecule is CCC(O)CCNCc1ccc(OC)c(OC)c1. The summed E-state index contributed by atoms with van der Waals surface area (Å²) in [6.07, 6.45) is 1.38. The van der Waals surface area contributed by atoms with Crippen molar-refractivity contribution in [2.24, 2.45) is 0 Å². The molecular weight excluding hydrogens is 230 g/mol. The third-order valence-electron chi connectivity index (χ3n) is 2.90. The Kier molecular flexibility index (Phi) is 6.54. The monoisotopic (exact) mass is 253 g/mol. The summed E-state index contributed by atoms with van der Waals surface area (Å²) < 4.78 is 10.4. The fourth-order valence-corrected chi connectivity index (χ4v) is 1.70. The van der Waals surface area contributed by atoms with Crippen LogP contribution >= 0.6 is 0 Å². The molecule has 0 aliphatic carbocycles. The van der Waals surface area contributed by atoms with Gasteiger partial charge in [-0.1, -0.05) is 13.0 Å². The summed E-state index contributed by atoms with van der Waals surface area (Å²) in [5.41, 5.74) is 1.14. The van der Waals surface area contributed by atoms with Gasteiger partial charge in [0, 0.05) is 6.54 Å². The molecule has 0 saturated heterocycles. The molecule has 1 aromatic carbocycles. The summed E-state index contributed by atoms with van der Waals surface area (Å²) >= 11 is 0. The molecule has 0 aromatic heterocycles. The molecule has 4 heteroatoms. The fraction of sp³-hybridized carbons (Fsp3) is 0.571. The van der Waals surface area contributed by atoms with E-state index < -0.39 is 0 Å². The van der Waals surface area contributed by atoms with Crippen LogP contribution in [0.25, 0.3) is 0 Å². The van der Waals surface area contributed by atoms with E-state index in [0.29, 0.717) is 0 Å². The predicted molar refractivity (Wildman–Crippen MR) is 72.2 cm³/mol. The van der Waals surface area contributed by atoms with Crippen molar-refractivity contribution in [2.45, 2.75) is 32.4 Å². The first-order chi connectivity index (χ1) is 8.71. The summed E-state index contributed by atoms with van der Waals surface area (Å²) in [4.78, 5) is 0. The Morgan fingerprint density at radius 1 is 1.22 bits per heavy atom. The normalized spacial score (nSPS) is 12.2. The van der Waals surface area contributed by atoms with Gasteiger partial charge in [0.25, 0.3) is 0 Å². The number of benzene rings is 1. The maximum atomic E-state index is 9.43. The van der Waals surface area contributed by atoms with E-state index in [0.717, 1.165) is 43.0 Å². The highest BCUT2D eigenvalue weighted by Gasteiger charge is 2.04. The number of nitrogens with one attached hydrogen (secondary N) is 1. The van der Waals surface area contributed by atoms with E-state index in [1.807, 2.05) is 25.1 Å². The van der Waals surface area contributed by atoms with Crippen LogP contribution in [-0.4, -0.2) is 32.0 Å². The lowest BCUT2D eigenvalue weighted by atomic mass is 10.2. The van der Waals surface area contributed by atoms with Gasteiger partial charge in [-0.25, -0.2) is 0 Å². The summed E-state index contributed by atoms with van der Waals surface area (Å²) in [7, 11) is 3.26. The zero-order valence-electron chi connectivity index (χ0n) is 11.4. The lowest BCUT2D eigenvalue weighted by molar-refractivity contribution is 0.159. The largest absolute Gasteiger partial charge is 0.493 e. The predicted octanol–water partition coefficient (Wildman–Crippen LogP) is 1.95. The van der Waals surface area contributed by atoms with Gasteiger partial charge in [0.15, 0.2) is 11.5 Å². The molecular formula is C14H23NO3. The molecule has 4 nitrogen and oxygen atoms in total. The number of hydrogen-bond acceptors (Lipinski definition) is 4. The minimum Gasteiger partial charge on any atom is -0.493 e. The molecule has 0 bridgehead atoms. The van der Waals surface area contributed by atoms with Crippen LogP contribution in [0.3, 0.4) is 0 Å². The number of rotatable bonds is 8. The first-order valence-corrected chi connectivity index (χ1v) is 6.31. The lowest BCUT2D eigenvalue weighted by Gasteiger charge is -2.11. The molecule has 2 N–H and O–H groups in total. The Morgan fingerprint density at radius 2 is 1.94 bits per heavy atom. The van der Waals surface area contributed by atoms with Crippen LogP contribution in [-0.2, 0) is 6.54 Å². The Labute approximate surface area is 109 Å². The molecule has 0 heterocycles. The second-order valence-corrected chi connectivity index (χ2v) is 4.22. The molecule has 1 rings (SSSR count). The van der Waals surface area contributed by atoms with Crippen molar-refractivity contribution < 1.29 is 14.6 Å². The van der Waals surface area contributed by atoms with Gasteiger partial charge < -0.3 is 19.9 Å². The Bertz CT molecular complexity index is 355. The second kappa shape index (κ2) is 7.95. The van der Waals surface area contributed by atoms with Crippen molar-refractivity contribution in [1.82, 2.24) is 5.32 Å². The standard InChI is InChI=1S/C14H23NO3/c1-4-12(16)7-8-15-10-11-5-6-13(17-2)14(9-11)18-3/h5-6,9,12,15-16H,4,7-8,10H2,1-3H3. The van der Waals surface area contributed by atoms with Gasteiger partial charge in [-0.2, -0.15) is 0 Å². The zero-order valence-corrected chi connectivity index (χ0v) is 11.4. The summed E-state index contributed by atoms with van der Waals surface area (Å²) in [6.45, 7) is 3.55. The van der Waals surface area contributed by atoms with E-state index in [1.165, 1.54) is 0 Å². The van der Waals surface area contributed by atoms with Crippen molar-refractivity contribution >= 4 is 0 Å². The quantitative estimate of drug-likeness (QED) is 0.695. The Hall–Kier alpha value is -1.26. The van der Waals surface area contributed by atoms with Crippen molar-refractivity contribution in [1.29, 1.82) is 0 Å². The third-order valence-corrected chi connectivity index (χ3v) is 2.90. The molecule has 18 heavy (non-hydrogen) atoms. The minimum atomic E-state index is -0.206. The minimum absolute atomic E-state index is 0.206. The van der Waals surface area contributed by atoms with Crippen LogP contribution in [0, 0.1) is 0 Å². The van der Waals surface area contributed by atoms with Crippen LogP contribution < -0.4 is 14.8 Å². The number of hydrogen-bond donors (Lipinski definition) is 2. The maximum absolute atomic E-state index is 9.43. The van der Waals surface area contributed by atoms with Crippen LogP contribution in [0.5, 0.6) is 11.5 Å². The molecule has 1 unspecified atom stereocenters. The van der Waals surface area contributed by atoms with Gasteiger partial charge in [-0.3, -0.25) is 0 Å². The molecule has 0 saturated carbocycles. The third kappa shape index (κ3) is 4.55. The first-order valence-electron chi connectivity index (χ1n) is 6.31. The van der Waals surface area contributed by atoms with Gasteiger partial charge in [-0.05, 0) is 37.1 Å². The molecule has 1 atom stereocenters. The summed E-state index contributed by atoms with van der Waals surface area (Å²) in [5.74, 6) is 1.48. The smallest absolute Gasteiger partial charge is 0.161 e.